The lowest BCUT2D eigenvalue weighted by Gasteiger charge is -2.29. The van der Waals surface area contributed by atoms with Crippen LogP contribution in [0, 0.1) is 12.7 Å². The van der Waals surface area contributed by atoms with Crippen molar-refractivity contribution < 1.29 is 9.13 Å². The van der Waals surface area contributed by atoms with E-state index in [-0.39, 0.29) is 11.9 Å². The van der Waals surface area contributed by atoms with Gasteiger partial charge in [0.1, 0.15) is 17.7 Å². The van der Waals surface area contributed by atoms with Crippen LogP contribution in [0.5, 0.6) is 5.75 Å². The monoisotopic (exact) mass is 321 g/mol. The number of para-hydroxylation sites is 1. The Morgan fingerprint density at radius 1 is 1.32 bits per heavy atom. The van der Waals surface area contributed by atoms with Gasteiger partial charge in [-0.15, -0.1) is 0 Å². The molecule has 0 saturated carbocycles. The predicted molar refractivity (Wildman–Crippen MR) is 77.1 cm³/mol. The van der Waals surface area contributed by atoms with Crippen molar-refractivity contribution in [2.75, 3.05) is 11.9 Å². The number of halogens is 2. The predicted octanol–water partition coefficient (Wildman–Crippen LogP) is 4.44. The van der Waals surface area contributed by atoms with Gasteiger partial charge in [-0.2, -0.15) is 0 Å². The Kier molecular flexibility index (Phi) is 3.19. The van der Waals surface area contributed by atoms with Crippen molar-refractivity contribution in [1.29, 1.82) is 0 Å². The minimum atomic E-state index is -0.313. The van der Waals surface area contributed by atoms with Crippen LogP contribution in [-0.4, -0.2) is 6.54 Å². The maximum absolute atomic E-state index is 13.9. The molecule has 0 fully saturated rings. The topological polar surface area (TPSA) is 21.3 Å². The molecule has 1 aliphatic rings. The molecular weight excluding hydrogens is 309 g/mol. The van der Waals surface area contributed by atoms with E-state index in [1.165, 1.54) is 6.07 Å². The molecule has 4 heteroatoms. The van der Waals surface area contributed by atoms with Gasteiger partial charge < -0.3 is 10.1 Å². The lowest BCUT2D eigenvalue weighted by Crippen LogP contribution is -2.25. The molecule has 2 nitrogen and oxygen atoms in total. The zero-order valence-corrected chi connectivity index (χ0v) is 12.0. The van der Waals surface area contributed by atoms with E-state index in [0.29, 0.717) is 12.1 Å². The van der Waals surface area contributed by atoms with Gasteiger partial charge in [-0.05, 0) is 36.8 Å². The molecule has 1 aliphatic heterocycles. The van der Waals surface area contributed by atoms with E-state index in [1.807, 2.05) is 25.1 Å². The third-order valence-electron chi connectivity index (χ3n) is 3.27. The first-order chi connectivity index (χ1) is 9.15. The zero-order chi connectivity index (χ0) is 13.4. The Hall–Kier alpha value is -1.55. The van der Waals surface area contributed by atoms with E-state index in [0.717, 1.165) is 21.5 Å². The molecule has 19 heavy (non-hydrogen) atoms. The summed E-state index contributed by atoms with van der Waals surface area (Å²) in [6, 6.07) is 10.8. The minimum absolute atomic E-state index is 0.244. The lowest BCUT2D eigenvalue weighted by atomic mass is 10.1. The van der Waals surface area contributed by atoms with Crippen molar-refractivity contribution in [3.8, 4) is 5.75 Å². The van der Waals surface area contributed by atoms with Gasteiger partial charge in [-0.1, -0.05) is 28.1 Å². The van der Waals surface area contributed by atoms with Gasteiger partial charge in [0, 0.05) is 10.0 Å². The van der Waals surface area contributed by atoms with Gasteiger partial charge in [-0.3, -0.25) is 0 Å². The first kappa shape index (κ1) is 12.5. The second-order valence-corrected chi connectivity index (χ2v) is 5.52. The average Bonchev–Trinajstić information content (AvgIpc) is 2.41. The molecule has 0 bridgehead atoms. The number of ether oxygens (including phenoxy) is 1. The fourth-order valence-corrected chi connectivity index (χ4v) is 2.67. The summed E-state index contributed by atoms with van der Waals surface area (Å²) >= 11 is 3.36. The van der Waals surface area contributed by atoms with Crippen LogP contribution in [0.4, 0.5) is 10.1 Å². The summed E-state index contributed by atoms with van der Waals surface area (Å²) in [5, 5.41) is 3.32. The highest BCUT2D eigenvalue weighted by Gasteiger charge is 2.24. The number of rotatable bonds is 1. The maximum atomic E-state index is 13.9. The molecule has 3 rings (SSSR count). The third kappa shape index (κ3) is 2.32. The second-order valence-electron chi connectivity index (χ2n) is 4.60. The first-order valence-electron chi connectivity index (χ1n) is 6.10. The number of hydrogen-bond donors (Lipinski definition) is 1. The van der Waals surface area contributed by atoms with Crippen LogP contribution in [-0.2, 0) is 0 Å². The Morgan fingerprint density at radius 2 is 2.16 bits per heavy atom. The molecule has 0 amide bonds. The van der Waals surface area contributed by atoms with Gasteiger partial charge in [0.05, 0.1) is 12.2 Å². The van der Waals surface area contributed by atoms with E-state index in [4.69, 9.17) is 4.74 Å². The summed E-state index contributed by atoms with van der Waals surface area (Å²) in [6.45, 7) is 2.58. The van der Waals surface area contributed by atoms with E-state index in [2.05, 4.69) is 21.2 Å². The number of hydrogen-bond acceptors (Lipinski definition) is 2. The van der Waals surface area contributed by atoms with Gasteiger partial charge in [-0.25, -0.2) is 4.39 Å². The van der Waals surface area contributed by atoms with Crippen LogP contribution >= 0.6 is 15.9 Å². The molecule has 0 saturated heterocycles. The van der Waals surface area contributed by atoms with E-state index in [1.54, 1.807) is 12.1 Å². The SMILES string of the molecule is Cc1cccc2c1NCC(c1cc(Br)ccc1F)O2. The van der Waals surface area contributed by atoms with E-state index in [9.17, 15) is 4.39 Å². The van der Waals surface area contributed by atoms with Crippen molar-refractivity contribution in [3.05, 3.63) is 57.8 Å². The molecule has 0 spiro atoms. The van der Waals surface area contributed by atoms with Crippen LogP contribution in [0.1, 0.15) is 17.2 Å². The van der Waals surface area contributed by atoms with Crippen molar-refractivity contribution in [2.24, 2.45) is 0 Å². The Bertz CT molecular complexity index is 630. The molecule has 1 N–H and O–H groups in total. The van der Waals surface area contributed by atoms with E-state index < -0.39 is 0 Å². The minimum Gasteiger partial charge on any atom is -0.482 e. The van der Waals surface area contributed by atoms with E-state index >= 15 is 0 Å². The highest BCUT2D eigenvalue weighted by Crippen LogP contribution is 2.37. The van der Waals surface area contributed by atoms with Crippen molar-refractivity contribution in [1.82, 2.24) is 0 Å². The lowest BCUT2D eigenvalue weighted by molar-refractivity contribution is 0.205. The molecule has 1 unspecified atom stereocenters. The van der Waals surface area contributed by atoms with Gasteiger partial charge in [0.15, 0.2) is 0 Å². The zero-order valence-electron chi connectivity index (χ0n) is 10.4. The quantitative estimate of drug-likeness (QED) is 0.838. The normalized spacial score (nSPS) is 17.3. The molecule has 2 aromatic rings. The standard InChI is InChI=1S/C15H13BrFNO/c1-9-3-2-4-13-15(9)18-8-14(19-13)11-7-10(16)5-6-12(11)17/h2-7,14,18H,8H2,1H3. The highest BCUT2D eigenvalue weighted by atomic mass is 79.9. The fraction of sp³-hybridized carbons (Fsp3) is 0.200. The van der Waals surface area contributed by atoms with Crippen LogP contribution in [0.15, 0.2) is 40.9 Å². The van der Waals surface area contributed by atoms with Gasteiger partial charge in [0.2, 0.25) is 0 Å². The molecule has 2 aromatic carbocycles. The molecular formula is C15H13BrFNO. The number of nitrogens with one attached hydrogen (secondary N) is 1. The number of fused-ring (bicyclic) bond motifs is 1. The van der Waals surface area contributed by atoms with Gasteiger partial charge >= 0.3 is 0 Å². The summed E-state index contributed by atoms with van der Waals surface area (Å²) in [5.41, 5.74) is 2.69. The van der Waals surface area contributed by atoms with Crippen molar-refractivity contribution >= 4 is 21.6 Å². The number of benzene rings is 2. The maximum Gasteiger partial charge on any atom is 0.144 e. The molecule has 0 aliphatic carbocycles. The smallest absolute Gasteiger partial charge is 0.144 e. The second kappa shape index (κ2) is 4.85. The van der Waals surface area contributed by atoms with Crippen LogP contribution in [0.2, 0.25) is 0 Å². The summed E-state index contributed by atoms with van der Waals surface area (Å²) in [4.78, 5) is 0. The third-order valence-corrected chi connectivity index (χ3v) is 3.77. The van der Waals surface area contributed by atoms with Crippen LogP contribution in [0.3, 0.4) is 0 Å². The number of anilines is 1. The van der Waals surface area contributed by atoms with Crippen LogP contribution < -0.4 is 10.1 Å². The summed E-state index contributed by atoms with van der Waals surface area (Å²) in [6.07, 6.45) is -0.313. The summed E-state index contributed by atoms with van der Waals surface area (Å²) in [5.74, 6) is 0.529. The fourth-order valence-electron chi connectivity index (χ4n) is 2.29. The van der Waals surface area contributed by atoms with Gasteiger partial charge in [0.25, 0.3) is 0 Å². The largest absolute Gasteiger partial charge is 0.482 e. The Morgan fingerprint density at radius 3 is 3.00 bits per heavy atom. The summed E-state index contributed by atoms with van der Waals surface area (Å²) < 4.78 is 20.6. The Labute approximate surface area is 119 Å². The molecule has 0 radical (unpaired) electrons. The first-order valence-corrected chi connectivity index (χ1v) is 6.89. The Balaban J connectivity index is 1.96. The molecule has 1 atom stereocenters. The summed E-state index contributed by atoms with van der Waals surface area (Å²) in [7, 11) is 0. The molecule has 1 heterocycles. The van der Waals surface area contributed by atoms with Crippen molar-refractivity contribution in [3.63, 3.8) is 0 Å². The molecule has 98 valence electrons. The van der Waals surface area contributed by atoms with Crippen molar-refractivity contribution in [2.45, 2.75) is 13.0 Å². The molecule has 0 aromatic heterocycles. The average molecular weight is 322 g/mol. The van der Waals surface area contributed by atoms with Crippen LogP contribution in [0.25, 0.3) is 0 Å². The number of aryl methyl sites for hydroxylation is 1. The highest BCUT2D eigenvalue weighted by molar-refractivity contribution is 9.10.